The van der Waals surface area contributed by atoms with Crippen molar-refractivity contribution in [3.05, 3.63) is 88.4 Å². The van der Waals surface area contributed by atoms with Crippen LogP contribution in [0.2, 0.25) is 5.02 Å². The molecule has 7 heteroatoms. The average Bonchev–Trinajstić information content (AvgIpc) is 2.76. The lowest BCUT2D eigenvalue weighted by atomic mass is 10.1. The van der Waals surface area contributed by atoms with Crippen molar-refractivity contribution >= 4 is 40.6 Å². The molecule has 0 aliphatic heterocycles. The van der Waals surface area contributed by atoms with E-state index in [1.807, 2.05) is 69.2 Å². The second-order valence-electron chi connectivity index (χ2n) is 7.78. The fraction of sp³-hybridized carbons (Fsp3) is 0.200. The van der Waals surface area contributed by atoms with Crippen LogP contribution in [0.15, 0.2) is 66.7 Å². The summed E-state index contributed by atoms with van der Waals surface area (Å²) in [5, 5.41) is 9.14. The zero-order valence-corrected chi connectivity index (χ0v) is 19.3. The van der Waals surface area contributed by atoms with Crippen LogP contribution in [0.1, 0.15) is 34.5 Å². The number of nitrogens with one attached hydrogen (secondary N) is 3. The predicted octanol–water partition coefficient (Wildman–Crippen LogP) is 5.85. The Morgan fingerprint density at radius 1 is 0.906 bits per heavy atom. The van der Waals surface area contributed by atoms with Gasteiger partial charge in [-0.2, -0.15) is 0 Å². The van der Waals surface area contributed by atoms with Crippen molar-refractivity contribution < 1.29 is 9.59 Å². The summed E-state index contributed by atoms with van der Waals surface area (Å²) in [6.45, 7) is 3.83. The summed E-state index contributed by atoms with van der Waals surface area (Å²) in [7, 11) is 3.74. The van der Waals surface area contributed by atoms with Crippen LogP contribution < -0.4 is 20.9 Å². The highest BCUT2D eigenvalue weighted by Gasteiger charge is 2.17. The van der Waals surface area contributed by atoms with Crippen molar-refractivity contribution in [1.82, 2.24) is 5.32 Å². The third-order valence-electron chi connectivity index (χ3n) is 5.06. The number of halogens is 1. The number of amides is 3. The van der Waals surface area contributed by atoms with E-state index in [1.165, 1.54) is 0 Å². The zero-order valence-electron chi connectivity index (χ0n) is 18.6. The maximum absolute atomic E-state index is 13.1. The van der Waals surface area contributed by atoms with Crippen LogP contribution in [0.4, 0.5) is 21.9 Å². The lowest BCUT2D eigenvalue weighted by molar-refractivity contribution is 0.0940. The number of urea groups is 1. The molecule has 3 aromatic rings. The van der Waals surface area contributed by atoms with Gasteiger partial charge in [0.1, 0.15) is 0 Å². The molecule has 0 saturated heterocycles. The van der Waals surface area contributed by atoms with Gasteiger partial charge in [0.15, 0.2) is 0 Å². The van der Waals surface area contributed by atoms with Crippen molar-refractivity contribution in [1.29, 1.82) is 0 Å². The standard InChI is InChI=1S/C25H27ClN4O2/c1-16-10-11-20(15-22(16)26)29-25(32)28-19-12-13-23(30(3)4)21(14-19)24(31)27-17(2)18-8-6-5-7-9-18/h5-15,17H,1-4H3,(H,27,31)(H2,28,29,32). The molecular formula is C25H27ClN4O2. The third-order valence-corrected chi connectivity index (χ3v) is 5.46. The fourth-order valence-electron chi connectivity index (χ4n) is 3.25. The summed E-state index contributed by atoms with van der Waals surface area (Å²) in [4.78, 5) is 27.4. The number of rotatable bonds is 6. The van der Waals surface area contributed by atoms with Gasteiger partial charge in [-0.05, 0) is 55.3 Å². The van der Waals surface area contributed by atoms with E-state index in [4.69, 9.17) is 11.6 Å². The highest BCUT2D eigenvalue weighted by molar-refractivity contribution is 6.31. The molecule has 6 nitrogen and oxygen atoms in total. The molecule has 3 amide bonds. The maximum Gasteiger partial charge on any atom is 0.323 e. The van der Waals surface area contributed by atoms with E-state index in [-0.39, 0.29) is 11.9 Å². The molecule has 3 aromatic carbocycles. The van der Waals surface area contributed by atoms with Gasteiger partial charge in [0.25, 0.3) is 5.91 Å². The lowest BCUT2D eigenvalue weighted by Gasteiger charge is -2.20. The molecule has 3 rings (SSSR count). The van der Waals surface area contributed by atoms with Crippen LogP contribution in [0.5, 0.6) is 0 Å². The van der Waals surface area contributed by atoms with Crippen molar-refractivity contribution in [2.75, 3.05) is 29.6 Å². The van der Waals surface area contributed by atoms with E-state index in [2.05, 4.69) is 16.0 Å². The zero-order chi connectivity index (χ0) is 23.3. The van der Waals surface area contributed by atoms with Crippen LogP contribution in [0, 0.1) is 6.92 Å². The average molecular weight is 451 g/mol. The third kappa shape index (κ3) is 5.80. The number of carbonyl (C=O) groups is 2. The number of anilines is 3. The quantitative estimate of drug-likeness (QED) is 0.441. The highest BCUT2D eigenvalue weighted by Crippen LogP contribution is 2.25. The second kappa shape index (κ2) is 10.2. The minimum atomic E-state index is -0.425. The van der Waals surface area contributed by atoms with Crippen molar-refractivity contribution in [2.24, 2.45) is 0 Å². The van der Waals surface area contributed by atoms with Gasteiger partial charge in [-0.15, -0.1) is 0 Å². The summed E-state index contributed by atoms with van der Waals surface area (Å²) < 4.78 is 0. The van der Waals surface area contributed by atoms with Crippen LogP contribution in [0.3, 0.4) is 0 Å². The molecule has 0 radical (unpaired) electrons. The Bertz CT molecular complexity index is 1120. The first-order valence-electron chi connectivity index (χ1n) is 10.3. The minimum absolute atomic E-state index is 0.162. The Kier molecular flexibility index (Phi) is 7.38. The molecule has 166 valence electrons. The summed E-state index contributed by atoms with van der Waals surface area (Å²) in [6.07, 6.45) is 0. The Labute approximate surface area is 193 Å². The maximum atomic E-state index is 13.1. The monoisotopic (exact) mass is 450 g/mol. The summed E-state index contributed by atoms with van der Waals surface area (Å²) >= 11 is 6.13. The van der Waals surface area contributed by atoms with Gasteiger partial charge in [-0.3, -0.25) is 4.79 Å². The molecule has 0 aliphatic rings. The van der Waals surface area contributed by atoms with Crippen LogP contribution in [-0.2, 0) is 0 Å². The molecule has 0 heterocycles. The molecule has 3 N–H and O–H groups in total. The van der Waals surface area contributed by atoms with E-state index in [0.717, 1.165) is 16.8 Å². The summed E-state index contributed by atoms with van der Waals surface area (Å²) in [6, 6.07) is 19.7. The molecule has 0 fully saturated rings. The molecule has 0 aromatic heterocycles. The van der Waals surface area contributed by atoms with Gasteiger partial charge in [0.2, 0.25) is 0 Å². The lowest BCUT2D eigenvalue weighted by Crippen LogP contribution is -2.28. The Morgan fingerprint density at radius 3 is 2.16 bits per heavy atom. The molecule has 0 bridgehead atoms. The molecule has 1 unspecified atom stereocenters. The normalized spacial score (nSPS) is 11.4. The SMILES string of the molecule is Cc1ccc(NC(=O)Nc2ccc(N(C)C)c(C(=O)NC(C)c3ccccc3)c2)cc1Cl. The predicted molar refractivity (Wildman–Crippen MR) is 132 cm³/mol. The topological polar surface area (TPSA) is 73.5 Å². The molecule has 0 saturated carbocycles. The van der Waals surface area contributed by atoms with Crippen LogP contribution in [-0.4, -0.2) is 26.0 Å². The number of hydrogen-bond donors (Lipinski definition) is 3. The largest absolute Gasteiger partial charge is 0.377 e. The van der Waals surface area contributed by atoms with Crippen molar-refractivity contribution in [3.8, 4) is 0 Å². The minimum Gasteiger partial charge on any atom is -0.377 e. The second-order valence-corrected chi connectivity index (χ2v) is 8.18. The van der Waals surface area contributed by atoms with Crippen LogP contribution >= 0.6 is 11.6 Å². The van der Waals surface area contributed by atoms with Crippen molar-refractivity contribution in [2.45, 2.75) is 19.9 Å². The van der Waals surface area contributed by atoms with Gasteiger partial charge >= 0.3 is 6.03 Å². The summed E-state index contributed by atoms with van der Waals surface area (Å²) in [5.41, 5.74) is 4.24. The Morgan fingerprint density at radius 2 is 1.53 bits per heavy atom. The van der Waals surface area contributed by atoms with Gasteiger partial charge in [-0.25, -0.2) is 4.79 Å². The van der Waals surface area contributed by atoms with E-state index < -0.39 is 6.03 Å². The van der Waals surface area contributed by atoms with Gasteiger partial charge in [0.05, 0.1) is 11.6 Å². The first-order valence-corrected chi connectivity index (χ1v) is 10.6. The molecule has 0 aliphatic carbocycles. The smallest absolute Gasteiger partial charge is 0.323 e. The highest BCUT2D eigenvalue weighted by atomic mass is 35.5. The number of nitrogens with zero attached hydrogens (tertiary/aromatic N) is 1. The molecule has 0 spiro atoms. The number of carbonyl (C=O) groups excluding carboxylic acids is 2. The van der Waals surface area contributed by atoms with Crippen LogP contribution in [0.25, 0.3) is 0 Å². The number of benzene rings is 3. The van der Waals surface area contributed by atoms with E-state index in [1.54, 1.807) is 30.3 Å². The van der Waals surface area contributed by atoms with E-state index >= 15 is 0 Å². The van der Waals surface area contributed by atoms with Gasteiger partial charge in [0, 0.05) is 36.2 Å². The first-order chi connectivity index (χ1) is 15.2. The molecule has 32 heavy (non-hydrogen) atoms. The first kappa shape index (κ1) is 23.2. The number of aryl methyl sites for hydroxylation is 1. The Balaban J connectivity index is 1.76. The molecule has 1 atom stereocenters. The van der Waals surface area contributed by atoms with Gasteiger partial charge in [-0.1, -0.05) is 48.0 Å². The van der Waals surface area contributed by atoms with Gasteiger partial charge < -0.3 is 20.9 Å². The molecular weight excluding hydrogens is 424 g/mol. The van der Waals surface area contributed by atoms with E-state index in [9.17, 15) is 9.59 Å². The fourth-order valence-corrected chi connectivity index (χ4v) is 3.43. The van der Waals surface area contributed by atoms with E-state index in [0.29, 0.717) is 22.0 Å². The number of hydrogen-bond acceptors (Lipinski definition) is 3. The van der Waals surface area contributed by atoms with Crippen molar-refractivity contribution in [3.63, 3.8) is 0 Å². The summed E-state index contributed by atoms with van der Waals surface area (Å²) in [5.74, 6) is -0.223. The Hall–Kier alpha value is -3.51.